The summed E-state index contributed by atoms with van der Waals surface area (Å²) in [5.74, 6) is 1.27. The van der Waals surface area contributed by atoms with Gasteiger partial charge in [-0.1, -0.05) is 0 Å². The van der Waals surface area contributed by atoms with Crippen molar-refractivity contribution >= 4 is 11.5 Å². The lowest BCUT2D eigenvalue weighted by Crippen LogP contribution is -2.23. The smallest absolute Gasteiger partial charge is 0.150 e. The van der Waals surface area contributed by atoms with Crippen LogP contribution in [0.25, 0.3) is 11.5 Å². The van der Waals surface area contributed by atoms with Gasteiger partial charge in [-0.05, 0) is 54.4 Å². The minimum atomic E-state index is -0.237. The molecular weight excluding hydrogens is 307 g/mol. The highest BCUT2D eigenvalue weighted by Crippen LogP contribution is 2.35. The molecule has 1 aliphatic heterocycles. The monoisotopic (exact) mass is 328 g/mol. The zero-order chi connectivity index (χ0) is 17.1. The summed E-state index contributed by atoms with van der Waals surface area (Å²) in [5.41, 5.74) is 10.1. The van der Waals surface area contributed by atoms with E-state index in [2.05, 4.69) is 5.32 Å². The van der Waals surface area contributed by atoms with Crippen LogP contribution < -0.4 is 15.8 Å². The molecule has 126 valence electrons. The molecule has 0 spiro atoms. The van der Waals surface area contributed by atoms with Crippen molar-refractivity contribution in [2.45, 2.75) is 13.5 Å². The zero-order valence-corrected chi connectivity index (χ0v) is 13.9. The van der Waals surface area contributed by atoms with Crippen molar-refractivity contribution in [3.8, 4) is 5.75 Å². The minimum Gasteiger partial charge on any atom is -0.497 e. The molecule has 1 aliphatic rings. The van der Waals surface area contributed by atoms with E-state index in [0.717, 1.165) is 33.7 Å². The number of hydrogen-bond donors (Lipinski definition) is 2. The molecular formula is C19H21FN2O2. The number of ether oxygens (including phenoxy) is 2. The lowest BCUT2D eigenvalue weighted by atomic mass is 9.94. The van der Waals surface area contributed by atoms with Crippen LogP contribution in [0.5, 0.6) is 5.75 Å². The summed E-state index contributed by atoms with van der Waals surface area (Å²) in [6.45, 7) is 3.25. The Morgan fingerprint density at radius 1 is 1.21 bits per heavy atom. The molecule has 0 aliphatic carbocycles. The fraction of sp³-hybridized carbons (Fsp3) is 0.263. The molecule has 3 N–H and O–H groups in total. The van der Waals surface area contributed by atoms with Crippen molar-refractivity contribution in [2.24, 2.45) is 5.73 Å². The highest BCUT2D eigenvalue weighted by Gasteiger charge is 2.24. The first-order chi connectivity index (χ1) is 11.6. The van der Waals surface area contributed by atoms with Crippen LogP contribution in [0.4, 0.5) is 4.39 Å². The van der Waals surface area contributed by atoms with E-state index in [1.54, 1.807) is 13.2 Å². The second-order valence-corrected chi connectivity index (χ2v) is 5.68. The molecule has 1 heterocycles. The van der Waals surface area contributed by atoms with Gasteiger partial charge in [0.1, 0.15) is 18.2 Å². The summed E-state index contributed by atoms with van der Waals surface area (Å²) in [5, 5.41) is 3.35. The van der Waals surface area contributed by atoms with Crippen molar-refractivity contribution in [2.75, 3.05) is 20.3 Å². The van der Waals surface area contributed by atoms with Crippen molar-refractivity contribution in [3.63, 3.8) is 0 Å². The van der Waals surface area contributed by atoms with Crippen molar-refractivity contribution in [1.29, 1.82) is 0 Å². The lowest BCUT2D eigenvalue weighted by molar-refractivity contribution is 0.285. The molecule has 5 heteroatoms. The summed E-state index contributed by atoms with van der Waals surface area (Å²) in [4.78, 5) is 0. The van der Waals surface area contributed by atoms with Crippen molar-refractivity contribution in [1.82, 2.24) is 5.32 Å². The molecule has 0 fully saturated rings. The molecule has 2 aromatic carbocycles. The molecule has 4 nitrogen and oxygen atoms in total. The third kappa shape index (κ3) is 3.08. The third-order valence-corrected chi connectivity index (χ3v) is 4.03. The van der Waals surface area contributed by atoms with Gasteiger partial charge in [-0.2, -0.15) is 0 Å². The molecule has 0 unspecified atom stereocenters. The zero-order valence-electron chi connectivity index (χ0n) is 13.9. The second kappa shape index (κ2) is 6.93. The third-order valence-electron chi connectivity index (χ3n) is 4.03. The Balaban J connectivity index is 2.12. The number of hydrogen-bond acceptors (Lipinski definition) is 4. The Kier molecular flexibility index (Phi) is 4.71. The van der Waals surface area contributed by atoms with Crippen LogP contribution in [0.2, 0.25) is 0 Å². The molecule has 24 heavy (non-hydrogen) atoms. The van der Waals surface area contributed by atoms with E-state index in [-0.39, 0.29) is 5.82 Å². The van der Waals surface area contributed by atoms with Crippen LogP contribution in [0, 0.1) is 12.7 Å². The van der Waals surface area contributed by atoms with Gasteiger partial charge in [-0.3, -0.25) is 0 Å². The fourth-order valence-electron chi connectivity index (χ4n) is 2.96. The lowest BCUT2D eigenvalue weighted by Gasteiger charge is -2.27. The molecule has 0 saturated heterocycles. The van der Waals surface area contributed by atoms with Gasteiger partial charge in [0.05, 0.1) is 12.8 Å². The summed E-state index contributed by atoms with van der Waals surface area (Å²) in [6.07, 6.45) is 0. The van der Waals surface area contributed by atoms with E-state index in [9.17, 15) is 4.39 Å². The number of nitrogens with two attached hydrogens (primary N) is 1. The Morgan fingerprint density at radius 2 is 1.96 bits per heavy atom. The summed E-state index contributed by atoms with van der Waals surface area (Å²) in [6, 6.07) is 10.8. The topological polar surface area (TPSA) is 56.5 Å². The van der Waals surface area contributed by atoms with Crippen LogP contribution in [-0.4, -0.2) is 20.3 Å². The number of aryl methyl sites for hydroxylation is 1. The summed E-state index contributed by atoms with van der Waals surface area (Å²) >= 11 is 0. The van der Waals surface area contributed by atoms with Gasteiger partial charge in [0.15, 0.2) is 5.76 Å². The fourth-order valence-corrected chi connectivity index (χ4v) is 2.96. The van der Waals surface area contributed by atoms with E-state index >= 15 is 0 Å². The first-order valence-electron chi connectivity index (χ1n) is 7.89. The number of nitrogens with one attached hydrogen (secondary N) is 1. The average Bonchev–Trinajstić information content (AvgIpc) is 2.59. The Morgan fingerprint density at radius 3 is 2.62 bits per heavy atom. The Bertz CT molecular complexity index is 770. The predicted octanol–water partition coefficient (Wildman–Crippen LogP) is 3.05. The van der Waals surface area contributed by atoms with Crippen molar-refractivity contribution in [3.05, 3.63) is 64.5 Å². The van der Waals surface area contributed by atoms with Gasteiger partial charge >= 0.3 is 0 Å². The second-order valence-electron chi connectivity index (χ2n) is 5.68. The van der Waals surface area contributed by atoms with E-state index in [1.165, 1.54) is 6.07 Å². The van der Waals surface area contributed by atoms with E-state index in [4.69, 9.17) is 15.2 Å². The van der Waals surface area contributed by atoms with Gasteiger partial charge in [0.2, 0.25) is 0 Å². The molecule has 3 rings (SSSR count). The first-order valence-corrected chi connectivity index (χ1v) is 7.89. The normalized spacial score (nSPS) is 13.3. The summed E-state index contributed by atoms with van der Waals surface area (Å²) < 4.78 is 24.9. The average molecular weight is 328 g/mol. The highest BCUT2D eigenvalue weighted by atomic mass is 19.1. The standard InChI is InChI=1S/C19H21FN2O2/c1-12-9-15(20)10-14-11-22-18(19(17(12)14)24-8-7-21)13-3-5-16(23-2)6-4-13/h3-6,9-10,22H,7-8,11,21H2,1-2H3. The van der Waals surface area contributed by atoms with Crippen LogP contribution in [0.15, 0.2) is 36.4 Å². The SMILES string of the molecule is COc1ccc(C2=C(OCCN)c3c(C)cc(F)cc3CN2)cc1. The summed E-state index contributed by atoms with van der Waals surface area (Å²) in [7, 11) is 1.64. The first kappa shape index (κ1) is 16.3. The van der Waals surface area contributed by atoms with E-state index in [1.807, 2.05) is 31.2 Å². The molecule has 0 aromatic heterocycles. The van der Waals surface area contributed by atoms with Crippen LogP contribution in [0.3, 0.4) is 0 Å². The quantitative estimate of drug-likeness (QED) is 0.886. The molecule has 0 saturated carbocycles. The number of halogens is 1. The van der Waals surface area contributed by atoms with Crippen LogP contribution in [0.1, 0.15) is 22.3 Å². The molecule has 0 atom stereocenters. The van der Waals surface area contributed by atoms with Crippen LogP contribution >= 0.6 is 0 Å². The van der Waals surface area contributed by atoms with E-state index < -0.39 is 0 Å². The number of benzene rings is 2. The van der Waals surface area contributed by atoms with E-state index in [0.29, 0.717) is 25.5 Å². The number of methoxy groups -OCH3 is 1. The van der Waals surface area contributed by atoms with Crippen LogP contribution in [-0.2, 0) is 11.3 Å². The van der Waals surface area contributed by atoms with Gasteiger partial charge in [-0.25, -0.2) is 4.39 Å². The van der Waals surface area contributed by atoms with Crippen molar-refractivity contribution < 1.29 is 13.9 Å². The maximum atomic E-state index is 13.7. The van der Waals surface area contributed by atoms with Gasteiger partial charge < -0.3 is 20.5 Å². The number of rotatable bonds is 5. The Labute approximate surface area is 141 Å². The Hall–Kier alpha value is -2.53. The number of fused-ring (bicyclic) bond motifs is 1. The molecule has 0 radical (unpaired) electrons. The maximum absolute atomic E-state index is 13.7. The van der Waals surface area contributed by atoms with Gasteiger partial charge in [0, 0.05) is 24.2 Å². The molecule has 0 bridgehead atoms. The molecule has 0 amide bonds. The predicted molar refractivity (Wildman–Crippen MR) is 92.8 cm³/mol. The van der Waals surface area contributed by atoms with Gasteiger partial charge in [0.25, 0.3) is 0 Å². The minimum absolute atomic E-state index is 0.237. The molecule has 2 aromatic rings. The largest absolute Gasteiger partial charge is 0.497 e. The maximum Gasteiger partial charge on any atom is 0.150 e. The van der Waals surface area contributed by atoms with Gasteiger partial charge in [-0.15, -0.1) is 0 Å². The highest BCUT2D eigenvalue weighted by molar-refractivity contribution is 5.90.